The largest absolute Gasteiger partial charge is 0.459 e. The predicted octanol–water partition coefficient (Wildman–Crippen LogP) is 5.50. The van der Waals surface area contributed by atoms with E-state index in [1.165, 1.54) is 0 Å². The van der Waals surface area contributed by atoms with Gasteiger partial charge in [-0.05, 0) is 65.5 Å². The Balaban J connectivity index is 1.56. The Labute approximate surface area is 271 Å². The third kappa shape index (κ3) is 20.8. The average molecular weight is 629 g/mol. The highest BCUT2D eigenvalue weighted by atomic mass is 16.6. The van der Waals surface area contributed by atoms with Crippen LogP contribution in [-0.2, 0) is 46.4 Å². The van der Waals surface area contributed by atoms with Gasteiger partial charge in [0.05, 0.1) is 39.5 Å². The summed E-state index contributed by atoms with van der Waals surface area (Å²) in [6, 6.07) is 20.2. The van der Waals surface area contributed by atoms with Gasteiger partial charge in [0.15, 0.2) is 0 Å². The van der Waals surface area contributed by atoms with Gasteiger partial charge in [0.2, 0.25) is 0 Å². The summed E-state index contributed by atoms with van der Waals surface area (Å²) >= 11 is 0. The van der Waals surface area contributed by atoms with Crippen molar-refractivity contribution in [3.05, 3.63) is 71.8 Å². The fraction of sp³-hybridized carbons (Fsp3) is 0.611. The lowest BCUT2D eigenvalue weighted by atomic mass is 10.2. The lowest BCUT2D eigenvalue weighted by molar-refractivity contribution is -0.157. The maximum absolute atomic E-state index is 12.4. The van der Waals surface area contributed by atoms with Gasteiger partial charge in [0.1, 0.15) is 11.2 Å². The van der Waals surface area contributed by atoms with Gasteiger partial charge in [0, 0.05) is 39.4 Å². The molecule has 2 rings (SSSR count). The second-order valence-corrected chi connectivity index (χ2v) is 13.1. The van der Waals surface area contributed by atoms with Crippen molar-refractivity contribution in [1.82, 2.24) is 9.80 Å². The normalized spacial score (nSPS) is 12.1. The second-order valence-electron chi connectivity index (χ2n) is 13.1. The molecule has 0 atom stereocenters. The molecule has 0 aliphatic rings. The summed E-state index contributed by atoms with van der Waals surface area (Å²) in [5, 5.41) is 0. The van der Waals surface area contributed by atoms with Crippen LogP contribution in [0, 0.1) is 0 Å². The van der Waals surface area contributed by atoms with E-state index in [-0.39, 0.29) is 25.0 Å². The predicted molar refractivity (Wildman–Crippen MR) is 177 cm³/mol. The van der Waals surface area contributed by atoms with E-state index in [1.54, 1.807) is 0 Å². The minimum atomic E-state index is -0.503. The molecule has 0 unspecified atom stereocenters. The molecule has 45 heavy (non-hydrogen) atoms. The first kappa shape index (κ1) is 38.4. The summed E-state index contributed by atoms with van der Waals surface area (Å²) in [6.07, 6.45) is 1.60. The Morgan fingerprint density at radius 3 is 1.20 bits per heavy atom. The molecule has 2 aromatic rings. The van der Waals surface area contributed by atoms with Gasteiger partial charge < -0.3 is 23.7 Å². The van der Waals surface area contributed by atoms with Crippen molar-refractivity contribution in [2.75, 3.05) is 65.8 Å². The highest BCUT2D eigenvalue weighted by molar-refractivity contribution is 5.72. The number of hydrogen-bond acceptors (Lipinski definition) is 9. The minimum absolute atomic E-state index is 0.222. The number of carbonyl (C=O) groups excluding carboxylic acids is 2. The number of esters is 2. The maximum Gasteiger partial charge on any atom is 0.320 e. The van der Waals surface area contributed by atoms with E-state index in [2.05, 4.69) is 34.1 Å². The zero-order chi connectivity index (χ0) is 33.0. The highest BCUT2D eigenvalue weighted by Crippen LogP contribution is 2.11. The summed E-state index contributed by atoms with van der Waals surface area (Å²) in [5.74, 6) is -0.444. The molecule has 0 radical (unpaired) electrons. The molecule has 0 saturated heterocycles. The first-order valence-electron chi connectivity index (χ1n) is 16.1. The van der Waals surface area contributed by atoms with E-state index in [4.69, 9.17) is 23.7 Å². The summed E-state index contributed by atoms with van der Waals surface area (Å²) in [4.78, 5) is 29.0. The van der Waals surface area contributed by atoms with Crippen LogP contribution in [0.5, 0.6) is 0 Å². The molecule has 0 aromatic heterocycles. The van der Waals surface area contributed by atoms with Crippen LogP contribution >= 0.6 is 0 Å². The number of nitrogens with zero attached hydrogens (tertiary/aromatic N) is 2. The van der Waals surface area contributed by atoms with Crippen LogP contribution in [0.4, 0.5) is 0 Å². The third-order valence-electron chi connectivity index (χ3n) is 6.31. The van der Waals surface area contributed by atoms with E-state index in [0.717, 1.165) is 37.1 Å². The van der Waals surface area contributed by atoms with Gasteiger partial charge in [-0.2, -0.15) is 0 Å². The molecule has 9 nitrogen and oxygen atoms in total. The van der Waals surface area contributed by atoms with Crippen molar-refractivity contribution in [3.8, 4) is 0 Å². The van der Waals surface area contributed by atoms with Crippen molar-refractivity contribution in [1.29, 1.82) is 0 Å². The lowest BCUT2D eigenvalue weighted by Gasteiger charge is -2.25. The highest BCUT2D eigenvalue weighted by Gasteiger charge is 2.20. The molecule has 0 saturated carbocycles. The number of rotatable bonds is 22. The smallest absolute Gasteiger partial charge is 0.320 e. The molecule has 0 aliphatic heterocycles. The van der Waals surface area contributed by atoms with Crippen LogP contribution in [-0.4, -0.2) is 98.8 Å². The molecular formula is C36H56N2O7. The summed E-state index contributed by atoms with van der Waals surface area (Å²) in [5.41, 5.74) is 1.30. The topological polar surface area (TPSA) is 86.8 Å². The quantitative estimate of drug-likeness (QED) is 0.124. The molecule has 0 bridgehead atoms. The molecule has 9 heteroatoms. The second kappa shape index (κ2) is 21.1. The maximum atomic E-state index is 12.4. The molecular weight excluding hydrogens is 572 g/mol. The Kier molecular flexibility index (Phi) is 18.0. The van der Waals surface area contributed by atoms with Crippen LogP contribution in [0.3, 0.4) is 0 Å². The van der Waals surface area contributed by atoms with Crippen molar-refractivity contribution in [2.24, 2.45) is 0 Å². The van der Waals surface area contributed by atoms with Crippen molar-refractivity contribution in [2.45, 2.75) is 78.7 Å². The monoisotopic (exact) mass is 628 g/mol. The summed E-state index contributed by atoms with van der Waals surface area (Å²) < 4.78 is 28.2. The molecule has 2 aromatic carbocycles. The third-order valence-corrected chi connectivity index (χ3v) is 6.31. The summed E-state index contributed by atoms with van der Waals surface area (Å²) in [6.45, 7) is 17.7. The molecule has 0 spiro atoms. The Morgan fingerprint density at radius 2 is 0.867 bits per heavy atom. The molecule has 0 aliphatic carbocycles. The number of hydrogen-bond donors (Lipinski definition) is 0. The van der Waals surface area contributed by atoms with Crippen LogP contribution in [0.2, 0.25) is 0 Å². The van der Waals surface area contributed by atoms with Gasteiger partial charge in [-0.1, -0.05) is 60.7 Å². The van der Waals surface area contributed by atoms with E-state index in [9.17, 15) is 9.59 Å². The van der Waals surface area contributed by atoms with Crippen LogP contribution in [0.15, 0.2) is 60.7 Å². The summed E-state index contributed by atoms with van der Waals surface area (Å²) in [7, 11) is 0. The fourth-order valence-corrected chi connectivity index (χ4v) is 4.55. The van der Waals surface area contributed by atoms with Crippen molar-refractivity contribution >= 4 is 11.9 Å². The van der Waals surface area contributed by atoms with Crippen LogP contribution < -0.4 is 0 Å². The Morgan fingerprint density at radius 1 is 0.533 bits per heavy atom. The molecule has 0 N–H and O–H groups in total. The van der Waals surface area contributed by atoms with Crippen LogP contribution in [0.25, 0.3) is 0 Å². The average Bonchev–Trinajstić information content (AvgIpc) is 2.94. The lowest BCUT2D eigenvalue weighted by Crippen LogP contribution is -2.35. The minimum Gasteiger partial charge on any atom is -0.459 e. The number of ether oxygens (including phenoxy) is 5. The van der Waals surface area contributed by atoms with Crippen molar-refractivity contribution < 1.29 is 33.3 Å². The van der Waals surface area contributed by atoms with Gasteiger partial charge in [0.25, 0.3) is 0 Å². The zero-order valence-electron chi connectivity index (χ0n) is 28.4. The van der Waals surface area contributed by atoms with E-state index >= 15 is 0 Å². The fourth-order valence-electron chi connectivity index (χ4n) is 4.55. The van der Waals surface area contributed by atoms with Crippen LogP contribution in [0.1, 0.15) is 65.5 Å². The first-order valence-corrected chi connectivity index (χ1v) is 16.1. The number of carbonyl (C=O) groups is 2. The SMILES string of the molecule is CC(C)(C)OC(=O)CN(CCCOCCOCCOCCCN(CC(=O)OC(C)(C)C)Cc1ccccc1)Cc1ccccc1. The standard InChI is InChI=1S/C36H56N2O7/c1-35(2,3)44-33(39)29-37(27-31-15-9-7-10-16-31)19-13-21-41-23-25-43-26-24-42-22-14-20-38(28-32-17-11-8-12-18-32)30-34(40)45-36(4,5)6/h7-12,15-18H,13-14,19-30H2,1-6H3. The van der Waals surface area contributed by atoms with Gasteiger partial charge in [-0.3, -0.25) is 19.4 Å². The van der Waals surface area contributed by atoms with Gasteiger partial charge >= 0.3 is 11.9 Å². The number of benzene rings is 2. The molecule has 0 heterocycles. The van der Waals surface area contributed by atoms with E-state index in [0.29, 0.717) is 52.7 Å². The molecule has 0 amide bonds. The Bertz CT molecular complexity index is 983. The van der Waals surface area contributed by atoms with Crippen molar-refractivity contribution in [3.63, 3.8) is 0 Å². The van der Waals surface area contributed by atoms with E-state index in [1.807, 2.05) is 77.9 Å². The van der Waals surface area contributed by atoms with Gasteiger partial charge in [-0.15, -0.1) is 0 Å². The molecule has 0 fully saturated rings. The Hall–Kier alpha value is -2.82. The molecule has 252 valence electrons. The van der Waals surface area contributed by atoms with Gasteiger partial charge in [-0.25, -0.2) is 0 Å². The van der Waals surface area contributed by atoms with E-state index < -0.39 is 11.2 Å². The first-order chi connectivity index (χ1) is 21.4. The zero-order valence-corrected chi connectivity index (χ0v) is 28.4.